The zero-order valence-electron chi connectivity index (χ0n) is 27.2. The topological polar surface area (TPSA) is 21.7 Å². The van der Waals surface area contributed by atoms with E-state index in [4.69, 9.17) is 9.47 Å². The first-order valence-corrected chi connectivity index (χ1v) is 16.3. The van der Waals surface area contributed by atoms with Gasteiger partial charge in [-0.3, -0.25) is 0 Å². The zero-order valence-corrected chi connectivity index (χ0v) is 27.2. The van der Waals surface area contributed by atoms with Crippen LogP contribution in [-0.2, 0) is 0 Å². The van der Waals surface area contributed by atoms with Crippen LogP contribution in [-0.4, -0.2) is 6.71 Å². The lowest BCUT2D eigenvalue weighted by Gasteiger charge is -2.25. The van der Waals surface area contributed by atoms with E-state index >= 15 is 0 Å². The van der Waals surface area contributed by atoms with Crippen molar-refractivity contribution in [3.8, 4) is 23.0 Å². The first-order chi connectivity index (χ1) is 23.6. The monoisotopic (exact) mass is 621 g/mol. The fourth-order valence-corrected chi connectivity index (χ4v) is 6.21. The van der Waals surface area contributed by atoms with Crippen LogP contribution in [0, 0.1) is 13.8 Å². The van der Waals surface area contributed by atoms with Crippen LogP contribution in [0.15, 0.2) is 182 Å². The van der Waals surface area contributed by atoms with Gasteiger partial charge in [-0.15, -0.1) is 0 Å². The maximum atomic E-state index is 6.42. The Kier molecular flexibility index (Phi) is 9.06. The van der Waals surface area contributed by atoms with Gasteiger partial charge >= 0.3 is 0 Å². The second kappa shape index (κ2) is 14.2. The molecule has 3 nitrogen and oxygen atoms in total. The van der Waals surface area contributed by atoms with Gasteiger partial charge in [-0.05, 0) is 86.6 Å². The van der Waals surface area contributed by atoms with E-state index in [0.717, 1.165) is 28.6 Å². The van der Waals surface area contributed by atoms with Crippen LogP contribution >= 0.6 is 0 Å². The molecule has 0 atom stereocenters. The molecule has 0 aliphatic heterocycles. The van der Waals surface area contributed by atoms with Gasteiger partial charge in [0.15, 0.2) is 11.5 Å². The van der Waals surface area contributed by atoms with E-state index in [2.05, 4.69) is 140 Å². The SMILES string of the molecule is Cc1ccccc1B(c1ccc(Oc2ccccc2Oc2ccc(N(c3ccccc3)c3ccccc3)cc2)cc1)c1ccccc1C. The average molecular weight is 622 g/mol. The van der Waals surface area contributed by atoms with Crippen molar-refractivity contribution in [2.45, 2.75) is 13.8 Å². The summed E-state index contributed by atoms with van der Waals surface area (Å²) in [5.41, 5.74) is 9.60. The van der Waals surface area contributed by atoms with Crippen molar-refractivity contribution in [3.63, 3.8) is 0 Å². The Hall–Kier alpha value is -6.00. The highest BCUT2D eigenvalue weighted by Crippen LogP contribution is 2.38. The Morgan fingerprint density at radius 1 is 0.375 bits per heavy atom. The molecule has 4 heteroatoms. The highest BCUT2D eigenvalue weighted by molar-refractivity contribution is 6.96. The first kappa shape index (κ1) is 30.6. The summed E-state index contributed by atoms with van der Waals surface area (Å²) in [7, 11) is 0. The lowest BCUT2D eigenvalue weighted by atomic mass is 9.35. The van der Waals surface area contributed by atoms with Gasteiger partial charge in [0, 0.05) is 17.1 Å². The van der Waals surface area contributed by atoms with Crippen LogP contribution in [0.4, 0.5) is 17.1 Å². The largest absolute Gasteiger partial charge is 0.453 e. The van der Waals surface area contributed by atoms with Gasteiger partial charge in [-0.25, -0.2) is 0 Å². The van der Waals surface area contributed by atoms with Gasteiger partial charge in [0.1, 0.15) is 11.5 Å². The summed E-state index contributed by atoms with van der Waals surface area (Å²) in [6.07, 6.45) is 0. The van der Waals surface area contributed by atoms with Gasteiger partial charge in [0.2, 0.25) is 6.71 Å². The Balaban J connectivity index is 1.12. The van der Waals surface area contributed by atoms with Crippen molar-refractivity contribution in [2.24, 2.45) is 0 Å². The van der Waals surface area contributed by atoms with E-state index < -0.39 is 0 Å². The van der Waals surface area contributed by atoms with Gasteiger partial charge < -0.3 is 14.4 Å². The summed E-state index contributed by atoms with van der Waals surface area (Å²) < 4.78 is 12.8. The molecule has 0 saturated heterocycles. The number of nitrogens with zero attached hydrogens (tertiary/aromatic N) is 1. The third-order valence-electron chi connectivity index (χ3n) is 8.64. The van der Waals surface area contributed by atoms with Crippen molar-refractivity contribution in [1.82, 2.24) is 0 Å². The summed E-state index contributed by atoms with van der Waals surface area (Å²) in [5.74, 6) is 2.78. The number of anilines is 3. The van der Waals surface area contributed by atoms with Crippen molar-refractivity contribution in [3.05, 3.63) is 193 Å². The van der Waals surface area contributed by atoms with E-state index in [0.29, 0.717) is 11.5 Å². The van der Waals surface area contributed by atoms with Crippen LogP contribution in [0.25, 0.3) is 0 Å². The minimum Gasteiger partial charge on any atom is -0.453 e. The fourth-order valence-electron chi connectivity index (χ4n) is 6.21. The molecule has 7 aromatic carbocycles. The number of rotatable bonds is 10. The fraction of sp³-hybridized carbons (Fsp3) is 0.0455. The van der Waals surface area contributed by atoms with Gasteiger partial charge in [-0.2, -0.15) is 0 Å². The second-order valence-electron chi connectivity index (χ2n) is 11.9. The van der Waals surface area contributed by atoms with Crippen LogP contribution in [0.2, 0.25) is 0 Å². The smallest absolute Gasteiger partial charge is 0.241 e. The summed E-state index contributed by atoms with van der Waals surface area (Å²) in [6, 6.07) is 62.4. The molecule has 0 heterocycles. The van der Waals surface area contributed by atoms with E-state index in [1.54, 1.807) is 0 Å². The predicted octanol–water partition coefficient (Wildman–Crippen LogP) is 9.87. The van der Waals surface area contributed by atoms with Crippen molar-refractivity contribution >= 4 is 40.2 Å². The normalized spacial score (nSPS) is 10.7. The van der Waals surface area contributed by atoms with Gasteiger partial charge in [0.05, 0.1) is 0 Å². The van der Waals surface area contributed by atoms with Crippen LogP contribution in [0.5, 0.6) is 23.0 Å². The molecule has 232 valence electrons. The minimum atomic E-state index is 0.125. The summed E-state index contributed by atoms with van der Waals surface area (Å²) >= 11 is 0. The molecule has 0 aromatic heterocycles. The summed E-state index contributed by atoms with van der Waals surface area (Å²) in [6.45, 7) is 4.50. The van der Waals surface area contributed by atoms with E-state index in [9.17, 15) is 0 Å². The summed E-state index contributed by atoms with van der Waals surface area (Å²) in [5, 5.41) is 0. The lowest BCUT2D eigenvalue weighted by Crippen LogP contribution is -2.53. The minimum absolute atomic E-state index is 0.125. The van der Waals surface area contributed by atoms with E-state index in [-0.39, 0.29) is 6.71 Å². The third-order valence-corrected chi connectivity index (χ3v) is 8.64. The third kappa shape index (κ3) is 6.74. The predicted molar refractivity (Wildman–Crippen MR) is 201 cm³/mol. The van der Waals surface area contributed by atoms with Gasteiger partial charge in [0.25, 0.3) is 0 Å². The first-order valence-electron chi connectivity index (χ1n) is 16.3. The number of hydrogen-bond donors (Lipinski definition) is 0. The van der Waals surface area contributed by atoms with E-state index in [1.165, 1.54) is 27.5 Å². The molecule has 0 saturated carbocycles. The molecule has 0 radical (unpaired) electrons. The highest BCUT2D eigenvalue weighted by atomic mass is 16.5. The van der Waals surface area contributed by atoms with Crippen LogP contribution < -0.4 is 30.8 Å². The van der Waals surface area contributed by atoms with Crippen LogP contribution in [0.3, 0.4) is 0 Å². The standard InChI is InChI=1S/C44H36BNO2/c1-33-15-9-11-21-41(33)45(42-22-12-10-16-34(42)2)35-25-29-39(30-26-35)47-43-23-13-14-24-44(43)48-40-31-27-38(28-32-40)46(36-17-5-3-6-18-36)37-19-7-4-8-20-37/h3-32H,1-2H3. The molecule has 0 aliphatic carbocycles. The Morgan fingerprint density at radius 2 is 0.750 bits per heavy atom. The summed E-state index contributed by atoms with van der Waals surface area (Å²) in [4.78, 5) is 2.23. The molecule has 0 bridgehead atoms. The molecule has 48 heavy (non-hydrogen) atoms. The highest BCUT2D eigenvalue weighted by Gasteiger charge is 2.24. The van der Waals surface area contributed by atoms with Crippen molar-refractivity contribution in [2.75, 3.05) is 4.90 Å². The lowest BCUT2D eigenvalue weighted by molar-refractivity contribution is 0.419. The number of para-hydroxylation sites is 4. The molecule has 0 spiro atoms. The molecule has 0 unspecified atom stereocenters. The molecular formula is C44H36BNO2. The Labute approximate surface area is 283 Å². The molecular weight excluding hydrogens is 585 g/mol. The Morgan fingerprint density at radius 3 is 1.21 bits per heavy atom. The molecule has 0 amide bonds. The molecule has 0 N–H and O–H groups in total. The van der Waals surface area contributed by atoms with Crippen molar-refractivity contribution < 1.29 is 9.47 Å². The number of aryl methyl sites for hydroxylation is 2. The molecule has 0 aliphatic rings. The molecule has 7 rings (SSSR count). The van der Waals surface area contributed by atoms with Gasteiger partial charge in [-0.1, -0.05) is 137 Å². The zero-order chi connectivity index (χ0) is 32.7. The van der Waals surface area contributed by atoms with E-state index in [1.807, 2.05) is 60.7 Å². The average Bonchev–Trinajstić information content (AvgIpc) is 3.13. The number of ether oxygens (including phenoxy) is 2. The maximum Gasteiger partial charge on any atom is 0.241 e. The van der Waals surface area contributed by atoms with Crippen molar-refractivity contribution in [1.29, 1.82) is 0 Å². The molecule has 0 fully saturated rings. The number of hydrogen-bond acceptors (Lipinski definition) is 3. The second-order valence-corrected chi connectivity index (χ2v) is 11.9. The maximum absolute atomic E-state index is 6.42. The quantitative estimate of drug-likeness (QED) is 0.142. The Bertz CT molecular complexity index is 2010. The van der Waals surface area contributed by atoms with Crippen LogP contribution in [0.1, 0.15) is 11.1 Å². The molecule has 7 aromatic rings. The number of benzene rings is 7.